The number of nitrogens with zero attached hydrogens (tertiary/aromatic N) is 1. The van der Waals surface area contributed by atoms with Crippen molar-refractivity contribution in [2.24, 2.45) is 0 Å². The van der Waals surface area contributed by atoms with Crippen LogP contribution in [0.15, 0.2) is 12.1 Å². The van der Waals surface area contributed by atoms with Crippen LogP contribution in [0.4, 0.5) is 13.2 Å². The van der Waals surface area contributed by atoms with Crippen LogP contribution in [0.1, 0.15) is 11.4 Å². The van der Waals surface area contributed by atoms with Crippen LogP contribution in [-0.4, -0.2) is 36.1 Å². The molecule has 0 unspecified atom stereocenters. The van der Waals surface area contributed by atoms with Gasteiger partial charge in [-0.15, -0.1) is 0 Å². The Bertz CT molecular complexity index is 382. The molecule has 0 bridgehead atoms. The van der Waals surface area contributed by atoms with Crippen molar-refractivity contribution in [1.82, 2.24) is 4.98 Å². The number of alkyl halides is 3. The van der Waals surface area contributed by atoms with Crippen LogP contribution < -0.4 is 4.74 Å². The summed E-state index contributed by atoms with van der Waals surface area (Å²) < 4.78 is 44.8. The van der Waals surface area contributed by atoms with Gasteiger partial charge in [0.1, 0.15) is 24.7 Å². The van der Waals surface area contributed by atoms with Gasteiger partial charge in [-0.05, 0) is 19.1 Å². The minimum atomic E-state index is -4.33. The fourth-order valence-corrected chi connectivity index (χ4v) is 1.24. The zero-order valence-corrected chi connectivity index (χ0v) is 9.83. The van der Waals surface area contributed by atoms with Crippen LogP contribution in [0.5, 0.6) is 5.75 Å². The first-order valence-corrected chi connectivity index (χ1v) is 5.27. The molecule has 0 spiro atoms. The van der Waals surface area contributed by atoms with Crippen molar-refractivity contribution in [2.45, 2.75) is 19.7 Å². The highest BCUT2D eigenvalue weighted by atomic mass is 19.4. The molecule has 102 valence electrons. The fourth-order valence-electron chi connectivity index (χ4n) is 1.24. The second-order valence-corrected chi connectivity index (χ2v) is 3.57. The van der Waals surface area contributed by atoms with Gasteiger partial charge in [-0.25, -0.2) is 0 Å². The average molecular weight is 265 g/mol. The predicted octanol–water partition coefficient (Wildman–Crippen LogP) is 1.84. The summed E-state index contributed by atoms with van der Waals surface area (Å²) in [5.41, 5.74) is 1.07. The van der Waals surface area contributed by atoms with E-state index >= 15 is 0 Å². The number of aliphatic hydroxyl groups is 1. The van der Waals surface area contributed by atoms with Gasteiger partial charge in [0, 0.05) is 5.69 Å². The highest BCUT2D eigenvalue weighted by Gasteiger charge is 2.27. The molecule has 18 heavy (non-hydrogen) atoms. The van der Waals surface area contributed by atoms with E-state index in [2.05, 4.69) is 9.72 Å². The van der Waals surface area contributed by atoms with E-state index in [1.807, 2.05) is 0 Å². The lowest BCUT2D eigenvalue weighted by atomic mass is 10.3. The van der Waals surface area contributed by atoms with E-state index in [1.165, 1.54) is 0 Å². The predicted molar refractivity (Wildman–Crippen MR) is 57.3 cm³/mol. The second-order valence-electron chi connectivity index (χ2n) is 3.57. The van der Waals surface area contributed by atoms with E-state index in [0.717, 1.165) is 5.69 Å². The molecule has 1 heterocycles. The maximum absolute atomic E-state index is 11.8. The summed E-state index contributed by atoms with van der Waals surface area (Å²) in [5.74, 6) is 0.346. The third kappa shape index (κ3) is 5.33. The molecule has 0 amide bonds. The summed E-state index contributed by atoms with van der Waals surface area (Å²) in [6.07, 6.45) is -4.33. The minimum Gasteiger partial charge on any atom is -0.489 e. The molecule has 0 aliphatic carbocycles. The first-order chi connectivity index (χ1) is 8.42. The fraction of sp³-hybridized carbons (Fsp3) is 0.545. The second kappa shape index (κ2) is 6.55. The van der Waals surface area contributed by atoms with Crippen molar-refractivity contribution in [3.05, 3.63) is 23.5 Å². The van der Waals surface area contributed by atoms with Gasteiger partial charge >= 0.3 is 6.18 Å². The number of aliphatic hydroxyl groups excluding tert-OH is 1. The van der Waals surface area contributed by atoms with Gasteiger partial charge in [-0.2, -0.15) is 13.2 Å². The van der Waals surface area contributed by atoms with E-state index in [9.17, 15) is 13.2 Å². The topological polar surface area (TPSA) is 51.6 Å². The molecule has 7 heteroatoms. The van der Waals surface area contributed by atoms with Gasteiger partial charge in [0.25, 0.3) is 0 Å². The first-order valence-electron chi connectivity index (χ1n) is 5.27. The highest BCUT2D eigenvalue weighted by Crippen LogP contribution is 2.17. The highest BCUT2D eigenvalue weighted by molar-refractivity contribution is 5.28. The third-order valence-corrected chi connectivity index (χ3v) is 1.97. The maximum Gasteiger partial charge on any atom is 0.411 e. The van der Waals surface area contributed by atoms with Crippen molar-refractivity contribution in [1.29, 1.82) is 0 Å². The number of aryl methyl sites for hydroxylation is 1. The molecule has 1 rings (SSSR count). The van der Waals surface area contributed by atoms with Crippen LogP contribution in [0.2, 0.25) is 0 Å². The van der Waals surface area contributed by atoms with Gasteiger partial charge < -0.3 is 14.6 Å². The molecule has 1 aromatic heterocycles. The Morgan fingerprint density at radius 2 is 2.00 bits per heavy atom. The lowest BCUT2D eigenvalue weighted by Gasteiger charge is -2.11. The smallest absolute Gasteiger partial charge is 0.411 e. The largest absolute Gasteiger partial charge is 0.489 e. The molecule has 0 saturated heterocycles. The van der Waals surface area contributed by atoms with E-state index in [0.29, 0.717) is 11.4 Å². The normalized spacial score (nSPS) is 11.6. The van der Waals surface area contributed by atoms with Crippen LogP contribution in [0.3, 0.4) is 0 Å². The van der Waals surface area contributed by atoms with Crippen LogP contribution in [-0.2, 0) is 11.3 Å². The summed E-state index contributed by atoms with van der Waals surface area (Å²) in [6.45, 7) is -0.0444. The molecule has 0 fully saturated rings. The average Bonchev–Trinajstić information content (AvgIpc) is 2.28. The summed E-state index contributed by atoms with van der Waals surface area (Å²) in [7, 11) is 0. The number of rotatable bonds is 6. The third-order valence-electron chi connectivity index (χ3n) is 1.97. The van der Waals surface area contributed by atoms with Crippen molar-refractivity contribution in [3.8, 4) is 5.75 Å². The van der Waals surface area contributed by atoms with Crippen LogP contribution in [0.25, 0.3) is 0 Å². The summed E-state index contributed by atoms with van der Waals surface area (Å²) in [4.78, 5) is 4.03. The number of aromatic nitrogens is 1. The summed E-state index contributed by atoms with van der Waals surface area (Å²) >= 11 is 0. The molecular weight excluding hydrogens is 251 g/mol. The lowest BCUT2D eigenvalue weighted by Crippen LogP contribution is -2.19. The monoisotopic (exact) mass is 265 g/mol. The van der Waals surface area contributed by atoms with Gasteiger partial charge in [0.05, 0.1) is 13.2 Å². The molecular formula is C11H14F3NO3. The standard InChI is InChI=1S/C11H14F3NO3/c1-8-2-3-10(9(6-16)15-8)18-5-4-17-7-11(12,13)14/h2-3,16H,4-7H2,1H3. The lowest BCUT2D eigenvalue weighted by molar-refractivity contribution is -0.175. The number of halogens is 3. The number of hydrogen-bond acceptors (Lipinski definition) is 4. The molecule has 0 atom stereocenters. The van der Waals surface area contributed by atoms with Crippen LogP contribution >= 0.6 is 0 Å². The summed E-state index contributed by atoms with van der Waals surface area (Å²) in [6, 6.07) is 3.29. The zero-order chi connectivity index (χ0) is 13.6. The molecule has 1 N–H and O–H groups in total. The molecule has 0 aliphatic rings. The van der Waals surface area contributed by atoms with Crippen molar-refractivity contribution in [2.75, 3.05) is 19.8 Å². The van der Waals surface area contributed by atoms with Gasteiger partial charge in [-0.3, -0.25) is 4.98 Å². The molecule has 0 aliphatic heterocycles. The van der Waals surface area contributed by atoms with Gasteiger partial charge in [-0.1, -0.05) is 0 Å². The molecule has 4 nitrogen and oxygen atoms in total. The molecule has 0 saturated carbocycles. The van der Waals surface area contributed by atoms with E-state index < -0.39 is 12.8 Å². The quantitative estimate of drug-likeness (QED) is 0.797. The Balaban J connectivity index is 2.35. The Labute approximate surface area is 102 Å². The van der Waals surface area contributed by atoms with E-state index in [1.54, 1.807) is 19.1 Å². The number of hydrogen-bond donors (Lipinski definition) is 1. The van der Waals surface area contributed by atoms with Crippen LogP contribution in [0, 0.1) is 6.92 Å². The zero-order valence-electron chi connectivity index (χ0n) is 9.83. The van der Waals surface area contributed by atoms with Gasteiger partial charge in [0.2, 0.25) is 0 Å². The molecule has 1 aromatic rings. The maximum atomic E-state index is 11.8. The van der Waals surface area contributed by atoms with E-state index in [4.69, 9.17) is 9.84 Å². The van der Waals surface area contributed by atoms with Gasteiger partial charge in [0.15, 0.2) is 0 Å². The molecule has 0 aromatic carbocycles. The Kier molecular flexibility index (Phi) is 5.36. The number of ether oxygens (including phenoxy) is 2. The Morgan fingerprint density at radius 3 is 2.61 bits per heavy atom. The minimum absolute atomic E-state index is 0.0339. The Morgan fingerprint density at radius 1 is 1.28 bits per heavy atom. The SMILES string of the molecule is Cc1ccc(OCCOCC(F)(F)F)c(CO)n1. The molecule has 0 radical (unpaired) electrons. The number of pyridine rings is 1. The van der Waals surface area contributed by atoms with Crippen molar-refractivity contribution in [3.63, 3.8) is 0 Å². The Hall–Kier alpha value is -1.34. The van der Waals surface area contributed by atoms with Crippen molar-refractivity contribution < 1.29 is 27.8 Å². The van der Waals surface area contributed by atoms with Crippen molar-refractivity contribution >= 4 is 0 Å². The van der Waals surface area contributed by atoms with E-state index in [-0.39, 0.29) is 19.8 Å². The first kappa shape index (κ1) is 14.7. The summed E-state index contributed by atoms with van der Waals surface area (Å²) in [5, 5.41) is 9.03.